The summed E-state index contributed by atoms with van der Waals surface area (Å²) < 4.78 is 18.4. The molecule has 2 heterocycles. The van der Waals surface area contributed by atoms with Gasteiger partial charge in [-0.3, -0.25) is 9.59 Å². The van der Waals surface area contributed by atoms with Crippen molar-refractivity contribution in [2.75, 3.05) is 25.1 Å². The molecule has 7 heteroatoms. The number of ether oxygens (including phenoxy) is 1. The van der Waals surface area contributed by atoms with Gasteiger partial charge in [-0.1, -0.05) is 0 Å². The first-order valence-corrected chi connectivity index (χ1v) is 8.91. The smallest absolute Gasteiger partial charge is 0.227 e. The van der Waals surface area contributed by atoms with Crippen LogP contribution in [0.25, 0.3) is 0 Å². The summed E-state index contributed by atoms with van der Waals surface area (Å²) in [5.74, 6) is -1.08. The van der Waals surface area contributed by atoms with Crippen LogP contribution in [0, 0.1) is 11.7 Å². The fourth-order valence-corrected chi connectivity index (χ4v) is 3.59. The summed E-state index contributed by atoms with van der Waals surface area (Å²) in [6.45, 7) is 0.652. The lowest BCUT2D eigenvalue weighted by atomic mass is 10.1. The van der Waals surface area contributed by atoms with Crippen LogP contribution in [0.1, 0.15) is 18.1 Å². The van der Waals surface area contributed by atoms with Gasteiger partial charge in [0.1, 0.15) is 11.9 Å². The first-order chi connectivity index (χ1) is 12.1. The highest BCUT2D eigenvalue weighted by molar-refractivity contribution is 7.07. The number of benzene rings is 1. The maximum Gasteiger partial charge on any atom is 0.227 e. The van der Waals surface area contributed by atoms with Crippen LogP contribution < -0.4 is 10.2 Å². The van der Waals surface area contributed by atoms with E-state index in [2.05, 4.69) is 5.32 Å². The molecule has 1 saturated heterocycles. The van der Waals surface area contributed by atoms with Gasteiger partial charge in [0.2, 0.25) is 11.8 Å². The van der Waals surface area contributed by atoms with Crippen molar-refractivity contribution in [2.24, 2.45) is 5.92 Å². The molecule has 3 rings (SSSR count). The SMILES string of the molecule is COC(CNC(=O)C1CC(=O)N(c2ccc(F)cc2)C1)c1ccsc1. The minimum atomic E-state index is -0.419. The molecule has 132 valence electrons. The van der Waals surface area contributed by atoms with Crippen molar-refractivity contribution < 1.29 is 18.7 Å². The Hall–Kier alpha value is -2.25. The number of hydrogen-bond donors (Lipinski definition) is 1. The molecule has 1 aliphatic heterocycles. The molecule has 1 fully saturated rings. The van der Waals surface area contributed by atoms with Crippen molar-refractivity contribution in [1.29, 1.82) is 0 Å². The Bertz CT molecular complexity index is 733. The Morgan fingerprint density at radius 3 is 2.80 bits per heavy atom. The van der Waals surface area contributed by atoms with Crippen LogP contribution >= 0.6 is 11.3 Å². The number of nitrogens with zero attached hydrogens (tertiary/aromatic N) is 1. The molecule has 2 aromatic rings. The lowest BCUT2D eigenvalue weighted by Crippen LogP contribution is -2.35. The molecule has 0 aliphatic carbocycles. The second kappa shape index (κ2) is 7.76. The number of thiophene rings is 1. The van der Waals surface area contributed by atoms with E-state index in [0.29, 0.717) is 18.8 Å². The Labute approximate surface area is 149 Å². The third-order valence-electron chi connectivity index (χ3n) is 4.30. The van der Waals surface area contributed by atoms with Crippen LogP contribution in [0.5, 0.6) is 0 Å². The van der Waals surface area contributed by atoms with Crippen LogP contribution in [0.3, 0.4) is 0 Å². The second-order valence-electron chi connectivity index (χ2n) is 5.91. The number of methoxy groups -OCH3 is 1. The molecule has 1 aromatic carbocycles. The zero-order valence-electron chi connectivity index (χ0n) is 13.8. The van der Waals surface area contributed by atoms with Crippen molar-refractivity contribution in [3.8, 4) is 0 Å². The summed E-state index contributed by atoms with van der Waals surface area (Å²) in [5.41, 5.74) is 1.62. The van der Waals surface area contributed by atoms with Crippen molar-refractivity contribution in [1.82, 2.24) is 5.32 Å². The molecular formula is C18H19FN2O3S. The Kier molecular flexibility index (Phi) is 5.45. The average molecular weight is 362 g/mol. The van der Waals surface area contributed by atoms with Gasteiger partial charge >= 0.3 is 0 Å². The van der Waals surface area contributed by atoms with Crippen molar-refractivity contribution in [3.63, 3.8) is 0 Å². The summed E-state index contributed by atoms with van der Waals surface area (Å²) >= 11 is 1.57. The number of carbonyl (C=O) groups is 2. The van der Waals surface area contributed by atoms with Crippen LogP contribution in [-0.2, 0) is 14.3 Å². The van der Waals surface area contributed by atoms with Gasteiger partial charge in [-0.25, -0.2) is 4.39 Å². The number of hydrogen-bond acceptors (Lipinski definition) is 4. The summed E-state index contributed by atoms with van der Waals surface area (Å²) in [6, 6.07) is 7.66. The molecule has 2 amide bonds. The summed E-state index contributed by atoms with van der Waals surface area (Å²) in [5, 5.41) is 6.81. The largest absolute Gasteiger partial charge is 0.375 e. The molecule has 1 aliphatic rings. The topological polar surface area (TPSA) is 58.6 Å². The summed E-state index contributed by atoms with van der Waals surface area (Å²) in [6.07, 6.45) is -0.0558. The number of carbonyl (C=O) groups excluding carboxylic acids is 2. The molecule has 25 heavy (non-hydrogen) atoms. The molecule has 2 atom stereocenters. The quantitative estimate of drug-likeness (QED) is 0.860. The van der Waals surface area contributed by atoms with Gasteiger partial charge in [-0.15, -0.1) is 0 Å². The second-order valence-corrected chi connectivity index (χ2v) is 6.69. The van der Waals surface area contributed by atoms with Gasteiger partial charge in [0.25, 0.3) is 0 Å². The predicted molar refractivity (Wildman–Crippen MR) is 93.9 cm³/mol. The monoisotopic (exact) mass is 362 g/mol. The Morgan fingerprint density at radius 2 is 2.16 bits per heavy atom. The highest BCUT2D eigenvalue weighted by Crippen LogP contribution is 2.26. The standard InChI is InChI=1S/C18H19FN2O3S/c1-24-16(12-6-7-25-11-12)9-20-18(23)13-8-17(22)21(10-13)15-4-2-14(19)3-5-15/h2-7,11,13,16H,8-10H2,1H3,(H,20,23). The maximum atomic E-state index is 13.0. The lowest BCUT2D eigenvalue weighted by molar-refractivity contribution is -0.126. The van der Waals surface area contributed by atoms with E-state index >= 15 is 0 Å². The van der Waals surface area contributed by atoms with Gasteiger partial charge in [0, 0.05) is 32.3 Å². The first-order valence-electron chi connectivity index (χ1n) is 7.97. The van der Waals surface area contributed by atoms with Gasteiger partial charge < -0.3 is 15.0 Å². The van der Waals surface area contributed by atoms with Gasteiger partial charge in [-0.2, -0.15) is 11.3 Å². The van der Waals surface area contributed by atoms with E-state index in [-0.39, 0.29) is 30.2 Å². The van der Waals surface area contributed by atoms with Crippen LogP contribution in [0.4, 0.5) is 10.1 Å². The number of amides is 2. The number of halogens is 1. The third-order valence-corrected chi connectivity index (χ3v) is 5.00. The number of rotatable bonds is 6. The van der Waals surface area contributed by atoms with Gasteiger partial charge in [0.15, 0.2) is 0 Å². The fraction of sp³-hybridized carbons (Fsp3) is 0.333. The third kappa shape index (κ3) is 4.05. The minimum Gasteiger partial charge on any atom is -0.375 e. The van der Waals surface area contributed by atoms with Crippen molar-refractivity contribution in [2.45, 2.75) is 12.5 Å². The van der Waals surface area contributed by atoms with Gasteiger partial charge in [0.05, 0.1) is 5.92 Å². The molecule has 5 nitrogen and oxygen atoms in total. The molecule has 0 bridgehead atoms. The summed E-state index contributed by atoms with van der Waals surface area (Å²) in [7, 11) is 1.60. The van der Waals surface area contributed by atoms with E-state index in [1.165, 1.54) is 17.0 Å². The van der Waals surface area contributed by atoms with Crippen LogP contribution in [0.15, 0.2) is 41.1 Å². The fourth-order valence-electron chi connectivity index (χ4n) is 2.89. The molecule has 0 spiro atoms. The van der Waals surface area contributed by atoms with Crippen LogP contribution in [-0.4, -0.2) is 32.0 Å². The number of anilines is 1. The highest BCUT2D eigenvalue weighted by Gasteiger charge is 2.35. The molecule has 2 unspecified atom stereocenters. The summed E-state index contributed by atoms with van der Waals surface area (Å²) in [4.78, 5) is 26.1. The van der Waals surface area contributed by atoms with E-state index in [1.807, 2.05) is 16.8 Å². The molecule has 0 radical (unpaired) electrons. The normalized spacial score (nSPS) is 18.4. The van der Waals surface area contributed by atoms with Crippen molar-refractivity contribution in [3.05, 3.63) is 52.5 Å². The van der Waals surface area contributed by atoms with Crippen LogP contribution in [0.2, 0.25) is 0 Å². The molecule has 1 aromatic heterocycles. The maximum absolute atomic E-state index is 13.0. The molecule has 0 saturated carbocycles. The number of nitrogens with one attached hydrogen (secondary N) is 1. The Morgan fingerprint density at radius 1 is 1.40 bits per heavy atom. The van der Waals surface area contributed by atoms with E-state index < -0.39 is 5.92 Å². The average Bonchev–Trinajstić information content (AvgIpc) is 3.26. The van der Waals surface area contributed by atoms with Crippen molar-refractivity contribution >= 4 is 28.8 Å². The molecular weight excluding hydrogens is 343 g/mol. The zero-order chi connectivity index (χ0) is 17.8. The highest BCUT2D eigenvalue weighted by atomic mass is 32.1. The predicted octanol–water partition coefficient (Wildman–Crippen LogP) is 2.74. The lowest BCUT2D eigenvalue weighted by Gasteiger charge is -2.18. The zero-order valence-corrected chi connectivity index (χ0v) is 14.6. The molecule has 1 N–H and O–H groups in total. The van der Waals surface area contributed by atoms with E-state index in [0.717, 1.165) is 5.56 Å². The van der Waals surface area contributed by atoms with E-state index in [9.17, 15) is 14.0 Å². The first kappa shape index (κ1) is 17.6. The minimum absolute atomic E-state index is 0.132. The van der Waals surface area contributed by atoms with E-state index in [1.54, 1.807) is 30.6 Å². The Balaban J connectivity index is 1.58. The van der Waals surface area contributed by atoms with E-state index in [4.69, 9.17) is 4.74 Å². The van der Waals surface area contributed by atoms with Gasteiger partial charge in [-0.05, 0) is 46.7 Å².